The summed E-state index contributed by atoms with van der Waals surface area (Å²) in [7, 11) is 0. The normalized spacial score (nSPS) is 11.2. The lowest BCUT2D eigenvalue weighted by molar-refractivity contribution is -0.394. The van der Waals surface area contributed by atoms with E-state index in [2.05, 4.69) is 10.5 Å². The van der Waals surface area contributed by atoms with Crippen molar-refractivity contribution in [3.05, 3.63) is 92.0 Å². The van der Waals surface area contributed by atoms with E-state index in [1.165, 1.54) is 0 Å². The van der Waals surface area contributed by atoms with Gasteiger partial charge in [-0.2, -0.15) is 5.10 Å². The van der Waals surface area contributed by atoms with E-state index in [4.69, 9.17) is 0 Å². The zero-order valence-corrected chi connectivity index (χ0v) is 14.7. The number of rotatable bonds is 5. The van der Waals surface area contributed by atoms with Crippen LogP contribution in [0.3, 0.4) is 0 Å². The summed E-state index contributed by atoms with van der Waals surface area (Å²) in [6, 6.07) is 16.1. The predicted octanol–water partition coefficient (Wildman–Crippen LogP) is 3.81. The third-order valence-corrected chi connectivity index (χ3v) is 4.09. The average molecular weight is 378 g/mol. The van der Waals surface area contributed by atoms with Crippen LogP contribution in [0.1, 0.15) is 22.8 Å². The van der Waals surface area contributed by atoms with E-state index in [1.54, 1.807) is 6.92 Å². The van der Waals surface area contributed by atoms with Crippen molar-refractivity contribution >= 4 is 33.8 Å². The highest BCUT2D eigenvalue weighted by Gasteiger charge is 2.19. The first kappa shape index (κ1) is 18.6. The van der Waals surface area contributed by atoms with Crippen molar-refractivity contribution in [1.82, 2.24) is 5.43 Å². The summed E-state index contributed by atoms with van der Waals surface area (Å²) in [5, 5.41) is 27.9. The SMILES string of the molecule is CC(=NNC(=O)c1cc([N+](=O)[O-])cc([N+](=O)[O-])c1)c1cccc2ccccc12. The minimum atomic E-state index is -0.797. The molecule has 0 saturated carbocycles. The summed E-state index contributed by atoms with van der Waals surface area (Å²) in [4.78, 5) is 32.6. The van der Waals surface area contributed by atoms with Crippen LogP contribution in [0.2, 0.25) is 0 Å². The summed E-state index contributed by atoms with van der Waals surface area (Å²) in [6.07, 6.45) is 0. The number of benzene rings is 3. The molecular weight excluding hydrogens is 364 g/mol. The Labute approximate surface area is 158 Å². The molecule has 0 fully saturated rings. The lowest BCUT2D eigenvalue weighted by Gasteiger charge is -2.07. The van der Waals surface area contributed by atoms with Gasteiger partial charge in [-0.25, -0.2) is 5.43 Å². The van der Waals surface area contributed by atoms with E-state index in [-0.39, 0.29) is 5.56 Å². The molecule has 1 amide bonds. The van der Waals surface area contributed by atoms with Gasteiger partial charge in [0.25, 0.3) is 17.3 Å². The molecule has 3 aromatic carbocycles. The largest absolute Gasteiger partial charge is 0.277 e. The van der Waals surface area contributed by atoms with Crippen LogP contribution in [0.25, 0.3) is 10.8 Å². The lowest BCUT2D eigenvalue weighted by Crippen LogP contribution is -2.19. The van der Waals surface area contributed by atoms with Crippen molar-refractivity contribution in [2.75, 3.05) is 0 Å². The molecule has 0 aliphatic carbocycles. The van der Waals surface area contributed by atoms with E-state index in [1.807, 2.05) is 42.5 Å². The molecule has 1 N–H and O–H groups in total. The Hall–Kier alpha value is -4.14. The van der Waals surface area contributed by atoms with Gasteiger partial charge in [0, 0.05) is 17.7 Å². The van der Waals surface area contributed by atoms with Gasteiger partial charge in [0.15, 0.2) is 0 Å². The number of non-ortho nitro benzene ring substituents is 2. The van der Waals surface area contributed by atoms with E-state index in [0.717, 1.165) is 34.5 Å². The molecule has 0 heterocycles. The summed E-state index contributed by atoms with van der Waals surface area (Å²) >= 11 is 0. The Kier molecular flexibility index (Phi) is 5.07. The molecule has 0 aliphatic rings. The maximum Gasteiger partial charge on any atom is 0.277 e. The standard InChI is InChI=1S/C19H14N4O5/c1-12(17-8-4-6-13-5-2-3-7-18(13)17)20-21-19(24)14-9-15(22(25)26)11-16(10-14)23(27)28/h2-11H,1H3,(H,21,24). The van der Waals surface area contributed by atoms with Crippen LogP contribution in [0.15, 0.2) is 65.8 Å². The Morgan fingerprint density at radius 1 is 0.929 bits per heavy atom. The second-order valence-electron chi connectivity index (χ2n) is 5.92. The molecule has 0 aliphatic heterocycles. The number of carbonyl (C=O) groups is 1. The fourth-order valence-corrected chi connectivity index (χ4v) is 2.74. The van der Waals surface area contributed by atoms with E-state index in [9.17, 15) is 25.0 Å². The average Bonchev–Trinajstić information content (AvgIpc) is 2.70. The highest BCUT2D eigenvalue weighted by Crippen LogP contribution is 2.23. The van der Waals surface area contributed by atoms with Crippen LogP contribution in [0.4, 0.5) is 11.4 Å². The van der Waals surface area contributed by atoms with Crippen LogP contribution in [0.5, 0.6) is 0 Å². The molecule has 0 atom stereocenters. The number of fused-ring (bicyclic) bond motifs is 1. The van der Waals surface area contributed by atoms with Crippen LogP contribution in [-0.2, 0) is 0 Å². The Bertz CT molecular complexity index is 1100. The van der Waals surface area contributed by atoms with E-state index in [0.29, 0.717) is 5.71 Å². The zero-order valence-electron chi connectivity index (χ0n) is 14.7. The minimum absolute atomic E-state index is 0.227. The molecule has 3 rings (SSSR count). The van der Waals surface area contributed by atoms with E-state index < -0.39 is 27.1 Å². The molecule has 140 valence electrons. The van der Waals surface area contributed by atoms with Gasteiger partial charge in [0.05, 0.1) is 27.2 Å². The Balaban J connectivity index is 1.90. The number of amides is 1. The van der Waals surface area contributed by atoms with Gasteiger partial charge >= 0.3 is 0 Å². The topological polar surface area (TPSA) is 128 Å². The maximum atomic E-state index is 12.3. The number of hydrogen-bond acceptors (Lipinski definition) is 6. The molecular formula is C19H14N4O5. The number of nitrogens with zero attached hydrogens (tertiary/aromatic N) is 3. The summed E-state index contributed by atoms with van der Waals surface area (Å²) < 4.78 is 0. The third-order valence-electron chi connectivity index (χ3n) is 4.09. The number of nitro groups is 2. The molecule has 0 aromatic heterocycles. The van der Waals surface area contributed by atoms with Crippen molar-refractivity contribution in [2.45, 2.75) is 6.92 Å². The number of nitro benzene ring substituents is 2. The van der Waals surface area contributed by atoms with Crippen molar-refractivity contribution in [3.63, 3.8) is 0 Å². The molecule has 0 radical (unpaired) electrons. The first-order chi connectivity index (χ1) is 13.4. The molecule has 28 heavy (non-hydrogen) atoms. The molecule has 0 bridgehead atoms. The zero-order chi connectivity index (χ0) is 20.3. The van der Waals surface area contributed by atoms with Crippen LogP contribution in [-0.4, -0.2) is 21.5 Å². The highest BCUT2D eigenvalue weighted by atomic mass is 16.6. The predicted molar refractivity (Wildman–Crippen MR) is 103 cm³/mol. The van der Waals surface area contributed by atoms with Gasteiger partial charge < -0.3 is 0 Å². The molecule has 0 spiro atoms. The lowest BCUT2D eigenvalue weighted by atomic mass is 10.0. The van der Waals surface area contributed by atoms with Gasteiger partial charge in [0.2, 0.25) is 0 Å². The third kappa shape index (κ3) is 3.83. The molecule has 3 aromatic rings. The Morgan fingerprint density at radius 2 is 1.54 bits per heavy atom. The number of hydrazone groups is 1. The smallest absolute Gasteiger partial charge is 0.267 e. The van der Waals surface area contributed by atoms with Crippen molar-refractivity contribution < 1.29 is 14.6 Å². The molecule has 9 heteroatoms. The summed E-state index contributed by atoms with van der Waals surface area (Å²) in [5.41, 5.74) is 2.30. The van der Waals surface area contributed by atoms with Gasteiger partial charge in [-0.1, -0.05) is 42.5 Å². The quantitative estimate of drug-likeness (QED) is 0.410. The summed E-state index contributed by atoms with van der Waals surface area (Å²) in [5.74, 6) is -0.786. The van der Waals surface area contributed by atoms with Crippen molar-refractivity contribution in [3.8, 4) is 0 Å². The van der Waals surface area contributed by atoms with Gasteiger partial charge in [-0.05, 0) is 17.7 Å². The fraction of sp³-hybridized carbons (Fsp3) is 0.0526. The second-order valence-corrected chi connectivity index (χ2v) is 5.92. The van der Waals surface area contributed by atoms with Crippen LogP contribution < -0.4 is 5.43 Å². The van der Waals surface area contributed by atoms with Gasteiger partial charge in [-0.3, -0.25) is 25.0 Å². The molecule has 0 unspecified atom stereocenters. The maximum absolute atomic E-state index is 12.3. The van der Waals surface area contributed by atoms with Crippen LogP contribution >= 0.6 is 0 Å². The summed E-state index contributed by atoms with van der Waals surface area (Å²) in [6.45, 7) is 1.71. The van der Waals surface area contributed by atoms with Crippen LogP contribution in [0, 0.1) is 20.2 Å². The number of carbonyl (C=O) groups excluding carboxylic acids is 1. The Morgan fingerprint density at radius 3 is 2.18 bits per heavy atom. The number of nitrogens with one attached hydrogen (secondary N) is 1. The van der Waals surface area contributed by atoms with E-state index >= 15 is 0 Å². The highest BCUT2D eigenvalue weighted by molar-refractivity contribution is 6.10. The van der Waals surface area contributed by atoms with Crippen molar-refractivity contribution in [1.29, 1.82) is 0 Å². The monoisotopic (exact) mass is 378 g/mol. The van der Waals surface area contributed by atoms with Gasteiger partial charge in [-0.15, -0.1) is 0 Å². The molecule has 9 nitrogen and oxygen atoms in total. The minimum Gasteiger partial charge on any atom is -0.267 e. The second kappa shape index (κ2) is 7.62. The number of hydrogen-bond donors (Lipinski definition) is 1. The first-order valence-electron chi connectivity index (χ1n) is 8.13. The first-order valence-corrected chi connectivity index (χ1v) is 8.13. The fourth-order valence-electron chi connectivity index (χ4n) is 2.74. The molecule has 0 saturated heterocycles. The van der Waals surface area contributed by atoms with Crippen molar-refractivity contribution in [2.24, 2.45) is 5.10 Å². The van der Waals surface area contributed by atoms with Gasteiger partial charge in [0.1, 0.15) is 0 Å².